The molecule has 8 heteroatoms. The third-order valence-corrected chi connectivity index (χ3v) is 6.71. The number of likely N-dealkylation sites (tertiary alicyclic amines) is 1. The summed E-state index contributed by atoms with van der Waals surface area (Å²) >= 11 is 0. The van der Waals surface area contributed by atoms with Crippen LogP contribution < -0.4 is 0 Å². The largest absolute Gasteiger partial charge is 0.341 e. The molecule has 2 fully saturated rings. The molecule has 0 unspecified atom stereocenters. The van der Waals surface area contributed by atoms with Gasteiger partial charge in [0.15, 0.2) is 9.84 Å². The predicted molar refractivity (Wildman–Crippen MR) is 86.6 cm³/mol. The summed E-state index contributed by atoms with van der Waals surface area (Å²) in [5.74, 6) is 0.293. The predicted octanol–water partition coefficient (Wildman–Crippen LogP) is 0.203. The van der Waals surface area contributed by atoms with Crippen LogP contribution in [0.2, 0.25) is 0 Å². The minimum Gasteiger partial charge on any atom is -0.341 e. The van der Waals surface area contributed by atoms with Gasteiger partial charge in [-0.3, -0.25) is 14.4 Å². The van der Waals surface area contributed by atoms with Crippen LogP contribution in [0.25, 0.3) is 0 Å². The zero-order valence-electron chi connectivity index (χ0n) is 13.7. The number of aromatic nitrogens is 2. The highest BCUT2D eigenvalue weighted by atomic mass is 32.2. The van der Waals surface area contributed by atoms with E-state index in [0.717, 1.165) is 24.9 Å². The fourth-order valence-electron chi connectivity index (χ4n) is 3.57. The molecular formula is C15H24N4O3S. The number of carbonyl (C=O) groups is 1. The first-order valence-corrected chi connectivity index (χ1v) is 9.86. The minimum atomic E-state index is -2.97. The van der Waals surface area contributed by atoms with Gasteiger partial charge >= 0.3 is 0 Å². The molecule has 128 valence electrons. The van der Waals surface area contributed by atoms with Gasteiger partial charge in [0.05, 0.1) is 24.2 Å². The summed E-state index contributed by atoms with van der Waals surface area (Å²) in [6, 6.07) is 0.0558. The summed E-state index contributed by atoms with van der Waals surface area (Å²) in [6.07, 6.45) is 6.51. The van der Waals surface area contributed by atoms with Crippen molar-refractivity contribution in [2.45, 2.75) is 31.3 Å². The number of aryl methyl sites for hydroxylation is 1. The Bertz CT molecular complexity index is 685. The lowest BCUT2D eigenvalue weighted by atomic mass is 10.1. The molecule has 1 aromatic rings. The summed E-state index contributed by atoms with van der Waals surface area (Å²) in [6.45, 7) is 1.23. The SMILES string of the molecule is CN(C(=O)CN1CCC[C@H]1c1cnn(C)c1)[C@H]1CCS(=O)(=O)C1. The van der Waals surface area contributed by atoms with E-state index < -0.39 is 9.84 Å². The van der Waals surface area contributed by atoms with Crippen LogP contribution in [0.3, 0.4) is 0 Å². The Balaban J connectivity index is 1.62. The van der Waals surface area contributed by atoms with Crippen molar-refractivity contribution < 1.29 is 13.2 Å². The van der Waals surface area contributed by atoms with Gasteiger partial charge in [0.25, 0.3) is 0 Å². The maximum atomic E-state index is 12.5. The molecule has 0 aliphatic carbocycles. The van der Waals surface area contributed by atoms with Crippen molar-refractivity contribution in [3.8, 4) is 0 Å². The van der Waals surface area contributed by atoms with E-state index in [1.807, 2.05) is 19.4 Å². The van der Waals surface area contributed by atoms with Gasteiger partial charge in [-0.2, -0.15) is 5.10 Å². The normalized spacial score (nSPS) is 27.4. The Hall–Kier alpha value is -1.41. The van der Waals surface area contributed by atoms with E-state index in [1.165, 1.54) is 0 Å². The van der Waals surface area contributed by atoms with Gasteiger partial charge in [0.1, 0.15) is 0 Å². The number of nitrogens with zero attached hydrogens (tertiary/aromatic N) is 4. The third kappa shape index (κ3) is 3.58. The van der Waals surface area contributed by atoms with Gasteiger partial charge in [-0.1, -0.05) is 0 Å². The molecule has 1 aromatic heterocycles. The zero-order chi connectivity index (χ0) is 16.6. The molecule has 2 aliphatic rings. The molecule has 2 atom stereocenters. The lowest BCUT2D eigenvalue weighted by Gasteiger charge is -2.28. The first-order valence-electron chi connectivity index (χ1n) is 8.04. The first-order chi connectivity index (χ1) is 10.9. The van der Waals surface area contributed by atoms with Crippen molar-refractivity contribution in [1.82, 2.24) is 19.6 Å². The van der Waals surface area contributed by atoms with Gasteiger partial charge in [0, 0.05) is 37.9 Å². The van der Waals surface area contributed by atoms with E-state index in [-0.39, 0.29) is 29.5 Å². The first kappa shape index (κ1) is 16.4. The summed E-state index contributed by atoms with van der Waals surface area (Å²) in [7, 11) is 0.646. The van der Waals surface area contributed by atoms with Crippen molar-refractivity contribution in [3.63, 3.8) is 0 Å². The Morgan fingerprint density at radius 3 is 2.83 bits per heavy atom. The molecule has 0 radical (unpaired) electrons. The van der Waals surface area contributed by atoms with Gasteiger partial charge < -0.3 is 4.90 Å². The molecule has 0 saturated carbocycles. The Morgan fingerprint density at radius 2 is 2.22 bits per heavy atom. The second-order valence-electron chi connectivity index (χ2n) is 6.64. The van der Waals surface area contributed by atoms with Crippen molar-refractivity contribution in [2.24, 2.45) is 7.05 Å². The highest BCUT2D eigenvalue weighted by molar-refractivity contribution is 7.91. The van der Waals surface area contributed by atoms with Crippen LogP contribution in [-0.4, -0.2) is 71.6 Å². The molecule has 0 N–H and O–H groups in total. The highest BCUT2D eigenvalue weighted by Crippen LogP contribution is 2.31. The van der Waals surface area contributed by atoms with E-state index in [4.69, 9.17) is 0 Å². The number of carbonyl (C=O) groups excluding carboxylic acids is 1. The van der Waals surface area contributed by atoms with Crippen LogP contribution in [0.1, 0.15) is 30.9 Å². The number of sulfone groups is 1. The minimum absolute atomic E-state index is 0.00268. The third-order valence-electron chi connectivity index (χ3n) is 4.96. The number of rotatable bonds is 4. The molecule has 23 heavy (non-hydrogen) atoms. The van der Waals surface area contributed by atoms with Gasteiger partial charge in [-0.05, 0) is 25.8 Å². The molecule has 2 saturated heterocycles. The van der Waals surface area contributed by atoms with Crippen molar-refractivity contribution in [1.29, 1.82) is 0 Å². The summed E-state index contributed by atoms with van der Waals surface area (Å²) < 4.78 is 25.0. The van der Waals surface area contributed by atoms with Crippen LogP contribution in [0.4, 0.5) is 0 Å². The van der Waals surface area contributed by atoms with E-state index in [9.17, 15) is 13.2 Å². The molecule has 3 rings (SSSR count). The maximum Gasteiger partial charge on any atom is 0.236 e. The van der Waals surface area contributed by atoms with Crippen LogP contribution in [0.15, 0.2) is 12.4 Å². The van der Waals surface area contributed by atoms with E-state index in [1.54, 1.807) is 16.6 Å². The van der Waals surface area contributed by atoms with Crippen molar-refractivity contribution in [2.75, 3.05) is 31.6 Å². The Labute approximate surface area is 137 Å². The van der Waals surface area contributed by atoms with E-state index in [2.05, 4.69) is 10.00 Å². The quantitative estimate of drug-likeness (QED) is 0.783. The molecular weight excluding hydrogens is 316 g/mol. The topological polar surface area (TPSA) is 75.5 Å². The molecule has 7 nitrogen and oxygen atoms in total. The molecule has 0 aromatic carbocycles. The lowest BCUT2D eigenvalue weighted by Crippen LogP contribution is -2.43. The molecule has 1 amide bonds. The fraction of sp³-hybridized carbons (Fsp3) is 0.733. The second kappa shape index (κ2) is 6.24. The van der Waals surface area contributed by atoms with E-state index in [0.29, 0.717) is 13.0 Å². The number of amides is 1. The van der Waals surface area contributed by atoms with E-state index >= 15 is 0 Å². The average molecular weight is 340 g/mol. The summed E-state index contributed by atoms with van der Waals surface area (Å²) in [5.41, 5.74) is 1.14. The average Bonchev–Trinajstić information content (AvgIpc) is 3.18. The fourth-order valence-corrected chi connectivity index (χ4v) is 5.35. The van der Waals surface area contributed by atoms with Crippen LogP contribution in [0.5, 0.6) is 0 Å². The van der Waals surface area contributed by atoms with Gasteiger partial charge in [-0.25, -0.2) is 8.42 Å². The Morgan fingerprint density at radius 1 is 1.43 bits per heavy atom. The summed E-state index contributed by atoms with van der Waals surface area (Å²) in [5, 5.41) is 4.22. The van der Waals surface area contributed by atoms with Crippen molar-refractivity contribution in [3.05, 3.63) is 18.0 Å². The number of likely N-dealkylation sites (N-methyl/N-ethyl adjacent to an activating group) is 1. The molecule has 2 aliphatic heterocycles. The zero-order valence-corrected chi connectivity index (χ0v) is 14.5. The second-order valence-corrected chi connectivity index (χ2v) is 8.87. The molecule has 0 spiro atoms. The maximum absolute atomic E-state index is 12.5. The van der Waals surface area contributed by atoms with Gasteiger partial charge in [0.2, 0.25) is 5.91 Å². The number of hydrogen-bond acceptors (Lipinski definition) is 5. The van der Waals surface area contributed by atoms with Crippen LogP contribution in [-0.2, 0) is 21.7 Å². The molecule has 3 heterocycles. The number of hydrogen-bond donors (Lipinski definition) is 0. The Kier molecular flexibility index (Phi) is 4.46. The lowest BCUT2D eigenvalue weighted by molar-refractivity contribution is -0.133. The van der Waals surface area contributed by atoms with Crippen LogP contribution >= 0.6 is 0 Å². The highest BCUT2D eigenvalue weighted by Gasteiger charge is 2.35. The van der Waals surface area contributed by atoms with Crippen molar-refractivity contribution >= 4 is 15.7 Å². The standard InChI is InChI=1S/C15H24N4O3S/c1-17-9-12(8-16-17)14-4-3-6-19(14)10-15(20)18(2)13-5-7-23(21,22)11-13/h8-9,13-14H,3-7,10-11H2,1-2H3/t13-,14-/m0/s1. The molecule has 0 bridgehead atoms. The van der Waals surface area contributed by atoms with Gasteiger partial charge in [-0.15, -0.1) is 0 Å². The smallest absolute Gasteiger partial charge is 0.236 e. The summed E-state index contributed by atoms with van der Waals surface area (Å²) in [4.78, 5) is 16.4. The van der Waals surface area contributed by atoms with Crippen LogP contribution in [0, 0.1) is 0 Å². The monoisotopic (exact) mass is 340 g/mol.